The van der Waals surface area contributed by atoms with Gasteiger partial charge in [0, 0.05) is 18.8 Å². The first-order valence-corrected chi connectivity index (χ1v) is 24.9. The molecule has 0 saturated heterocycles. The molecular weight excluding hydrogens is 954 g/mol. The predicted molar refractivity (Wildman–Crippen MR) is 278 cm³/mol. The van der Waals surface area contributed by atoms with Crippen LogP contribution in [0, 0.1) is 13.5 Å². The van der Waals surface area contributed by atoms with Crippen molar-refractivity contribution in [3.8, 4) is 5.75 Å². The second-order valence-corrected chi connectivity index (χ2v) is 18.7. The van der Waals surface area contributed by atoms with Crippen LogP contribution >= 0.6 is 23.6 Å². The van der Waals surface area contributed by atoms with Crippen molar-refractivity contribution in [2.24, 2.45) is 10.1 Å². The van der Waals surface area contributed by atoms with Crippen LogP contribution in [0.5, 0.6) is 5.75 Å². The van der Waals surface area contributed by atoms with Gasteiger partial charge in [-0.3, -0.25) is 9.28 Å². The Bertz CT molecular complexity index is 2580. The van der Waals surface area contributed by atoms with Crippen molar-refractivity contribution in [2.75, 3.05) is 33.8 Å². The number of aliphatic imine (C=N–C) groups is 1. The molecule has 0 saturated carbocycles. The van der Waals surface area contributed by atoms with Crippen LogP contribution in [-0.4, -0.2) is 72.1 Å². The topological polar surface area (TPSA) is 162 Å². The molecule has 0 aliphatic carbocycles. The summed E-state index contributed by atoms with van der Waals surface area (Å²) in [4.78, 5) is 36.4. The summed E-state index contributed by atoms with van der Waals surface area (Å²) in [6.07, 6.45) is 5.13. The van der Waals surface area contributed by atoms with Gasteiger partial charge in [0.2, 0.25) is 5.69 Å². The smallest absolute Gasteiger partial charge is 0.358 e. The van der Waals surface area contributed by atoms with E-state index in [9.17, 15) is 18.0 Å². The van der Waals surface area contributed by atoms with Gasteiger partial charge in [-0.1, -0.05) is 128 Å². The number of hydrogen-bond acceptors (Lipinski definition) is 14. The molecule has 2 atom stereocenters. The molecule has 376 valence electrons. The van der Waals surface area contributed by atoms with Crippen molar-refractivity contribution in [2.45, 2.75) is 95.5 Å². The van der Waals surface area contributed by atoms with Gasteiger partial charge in [0.05, 0.1) is 61.0 Å². The zero-order chi connectivity index (χ0) is 52.1. The third-order valence-corrected chi connectivity index (χ3v) is 11.7. The van der Waals surface area contributed by atoms with Crippen LogP contribution in [0.4, 0.5) is 5.69 Å². The fourth-order valence-corrected chi connectivity index (χ4v) is 7.00. The molecule has 0 aliphatic heterocycles. The molecule has 0 radical (unpaired) electrons. The number of aryl methyl sites for hydroxylation is 1. The summed E-state index contributed by atoms with van der Waals surface area (Å²) in [5.74, 6) is 0.985. The quantitative estimate of drug-likeness (QED) is 0.0120. The third-order valence-electron chi connectivity index (χ3n) is 9.74. The number of alkyl halides is 1. The minimum atomic E-state index is -3.85. The monoisotopic (exact) mass is 1020 g/mol. The van der Waals surface area contributed by atoms with E-state index in [4.69, 9.17) is 36.7 Å². The molecule has 5 aromatic rings. The van der Waals surface area contributed by atoms with Gasteiger partial charge >= 0.3 is 22.1 Å². The van der Waals surface area contributed by atoms with Crippen molar-refractivity contribution in [1.29, 1.82) is 0 Å². The van der Waals surface area contributed by atoms with Gasteiger partial charge in [-0.05, 0) is 99.9 Å². The highest BCUT2D eigenvalue weighted by molar-refractivity contribution is 7.94. The molecule has 0 fully saturated rings. The first-order chi connectivity index (χ1) is 33.4. The minimum absolute atomic E-state index is 0.0864. The zero-order valence-corrected chi connectivity index (χ0v) is 44.0. The van der Waals surface area contributed by atoms with Gasteiger partial charge in [0.25, 0.3) is 0 Å². The Hall–Kier alpha value is -6.06. The number of nitrogens with zero attached hydrogens (tertiary/aromatic N) is 3. The molecule has 0 bridgehead atoms. The Morgan fingerprint density at radius 1 is 0.814 bits per heavy atom. The average Bonchev–Trinajstić information content (AvgIpc) is 3.35. The lowest BCUT2D eigenvalue weighted by molar-refractivity contribution is -0.447. The second-order valence-electron chi connectivity index (χ2n) is 16.1. The number of halogens is 1. The number of methoxy groups -OCH3 is 1. The van der Waals surface area contributed by atoms with Crippen molar-refractivity contribution in [1.82, 2.24) is 0 Å². The number of carbonyl (C=O) groups is 2. The van der Waals surface area contributed by atoms with E-state index in [0.29, 0.717) is 33.5 Å². The van der Waals surface area contributed by atoms with Crippen molar-refractivity contribution < 1.29 is 50.8 Å². The van der Waals surface area contributed by atoms with Gasteiger partial charge in [-0.15, -0.1) is 15.9 Å². The van der Waals surface area contributed by atoms with Crippen molar-refractivity contribution in [3.05, 3.63) is 166 Å². The molecule has 5 aromatic carbocycles. The van der Waals surface area contributed by atoms with E-state index in [1.807, 2.05) is 88.4 Å². The van der Waals surface area contributed by atoms with Gasteiger partial charge in [0.15, 0.2) is 0 Å². The Morgan fingerprint density at radius 2 is 1.41 bits per heavy atom. The first-order valence-electron chi connectivity index (χ1n) is 22.2. The molecule has 14 nitrogen and oxygen atoms in total. The number of benzene rings is 5. The number of oxime groups is 1. The zero-order valence-electron chi connectivity index (χ0n) is 41.6. The Labute approximate surface area is 423 Å². The SMILES string of the molecule is CCC(C)c1ccc(C(=O)OCCCl)c(SOOOC)c1.CN=Cc1ccccc1OC.Cc1ccc(S(=O)(=O)O/N=C\c2ccccc2)cc1.[C-]#[N+]c1cc(C(C)CC)ccc1C(=O)OC(C)(C)C. The number of para-hydroxylation sites is 1. The normalized spacial score (nSPS) is 11.9. The van der Waals surface area contributed by atoms with Gasteiger partial charge in [0.1, 0.15) is 22.9 Å². The lowest BCUT2D eigenvalue weighted by Crippen LogP contribution is -2.23. The van der Waals surface area contributed by atoms with Gasteiger partial charge in [-0.25, -0.2) is 19.3 Å². The maximum absolute atomic E-state index is 12.0. The summed E-state index contributed by atoms with van der Waals surface area (Å²) >= 11 is 6.41. The lowest BCUT2D eigenvalue weighted by atomic mass is 9.96. The largest absolute Gasteiger partial charge is 0.496 e. The highest BCUT2D eigenvalue weighted by Gasteiger charge is 2.21. The van der Waals surface area contributed by atoms with Crippen LogP contribution in [0.25, 0.3) is 4.85 Å². The highest BCUT2D eigenvalue weighted by Crippen LogP contribution is 2.31. The van der Waals surface area contributed by atoms with Crippen molar-refractivity contribution >= 4 is 63.8 Å². The van der Waals surface area contributed by atoms with E-state index >= 15 is 0 Å². The first kappa shape index (κ1) is 60.1. The second kappa shape index (κ2) is 31.9. The number of rotatable bonds is 18. The number of carbonyl (C=O) groups excluding carboxylic acids is 2. The van der Waals surface area contributed by atoms with Crippen LogP contribution in [0.15, 0.2) is 135 Å². The van der Waals surface area contributed by atoms with E-state index in [0.717, 1.165) is 58.5 Å². The molecule has 2 unspecified atom stereocenters. The van der Waals surface area contributed by atoms with E-state index in [2.05, 4.69) is 56.9 Å². The maximum atomic E-state index is 12.0. The molecule has 5 rings (SSSR count). The van der Waals surface area contributed by atoms with Crippen LogP contribution in [0.2, 0.25) is 0 Å². The number of hydrogen-bond donors (Lipinski definition) is 0. The summed E-state index contributed by atoms with van der Waals surface area (Å²) in [7, 11) is 0.878. The summed E-state index contributed by atoms with van der Waals surface area (Å²) in [5.41, 5.74) is 5.51. The molecule has 17 heteroatoms. The predicted octanol–water partition coefficient (Wildman–Crippen LogP) is 13.3. The molecule has 0 heterocycles. The summed E-state index contributed by atoms with van der Waals surface area (Å²) in [6, 6.07) is 34.2. The summed E-state index contributed by atoms with van der Waals surface area (Å²) in [5, 5.41) is 7.87. The van der Waals surface area contributed by atoms with E-state index in [-0.39, 0.29) is 17.4 Å². The average molecular weight is 1020 g/mol. The minimum Gasteiger partial charge on any atom is -0.496 e. The summed E-state index contributed by atoms with van der Waals surface area (Å²) in [6.45, 7) is 23.1. The van der Waals surface area contributed by atoms with Crippen molar-refractivity contribution in [3.63, 3.8) is 0 Å². The molecule has 0 amide bonds. The van der Waals surface area contributed by atoms with E-state index in [1.165, 1.54) is 25.5 Å². The molecule has 0 aliphatic rings. The maximum Gasteiger partial charge on any atom is 0.358 e. The van der Waals surface area contributed by atoms with Crippen LogP contribution in [0.1, 0.15) is 122 Å². The van der Waals surface area contributed by atoms with Crippen LogP contribution in [-0.2, 0) is 38.1 Å². The molecule has 0 N–H and O–H groups in total. The van der Waals surface area contributed by atoms with Crippen LogP contribution in [0.3, 0.4) is 0 Å². The number of esters is 2. The molecule has 0 spiro atoms. The summed E-state index contributed by atoms with van der Waals surface area (Å²) < 4.78 is 48.4. The molecule has 0 aromatic heterocycles. The van der Waals surface area contributed by atoms with Gasteiger partial charge in [-0.2, -0.15) is 8.42 Å². The Morgan fingerprint density at radius 3 is 1.97 bits per heavy atom. The fourth-order valence-electron chi connectivity index (χ4n) is 5.63. The Kier molecular flexibility index (Phi) is 27.4. The van der Waals surface area contributed by atoms with E-state index in [1.54, 1.807) is 62.8 Å². The standard InChI is InChI=1S/C16H21NO2.C14H19ClO5S.C14H13NO3S.C9H11NO/c1-7-11(2)12-8-9-13(14(10-12)17-6)15(18)19-16(3,4)5;1-4-10(2)11-5-6-12(14(16)18-8-7-15)13(9-11)21-20-19-17-3;1-12-7-9-14(10-8-12)19(16,17)18-15-11-13-5-3-2-4-6-13;1-10-7-8-5-3-4-6-9(8)11-2/h8-11H,7H2,1-5H3;5-6,9-10H,4,7-8H2,1-3H3;2-11H,1H3;3-7H,1-2H3/b;;15-11-;. The lowest BCUT2D eigenvalue weighted by Gasteiger charge is -2.20. The van der Waals surface area contributed by atoms with E-state index < -0.39 is 27.7 Å². The highest BCUT2D eigenvalue weighted by atomic mass is 35.5. The van der Waals surface area contributed by atoms with Crippen LogP contribution < -0.4 is 4.74 Å². The third kappa shape index (κ3) is 21.7. The molecule has 70 heavy (non-hydrogen) atoms. The Balaban J connectivity index is 0.000000327. The fraction of sp³-hybridized carbons (Fsp3) is 0.340. The number of ether oxygens (including phenoxy) is 3. The molecular formula is C53H64ClN3O11S2. The van der Waals surface area contributed by atoms with Gasteiger partial charge < -0.3 is 14.2 Å².